The highest BCUT2D eigenvalue weighted by Gasteiger charge is 2.51. The molecule has 24 heavy (non-hydrogen) atoms. The molecule has 3 aliphatic rings. The summed E-state index contributed by atoms with van der Waals surface area (Å²) in [5, 5.41) is 14.8. The number of hydrogen-bond acceptors (Lipinski definition) is 6. The Labute approximate surface area is 141 Å². The minimum absolute atomic E-state index is 0.232. The first-order valence-electron chi connectivity index (χ1n) is 8.59. The first kappa shape index (κ1) is 15.7. The molecule has 2 heterocycles. The monoisotopic (exact) mass is 333 g/mol. The molecule has 1 aromatic rings. The van der Waals surface area contributed by atoms with Gasteiger partial charge in [-0.1, -0.05) is 5.16 Å². The molecule has 4 rings (SSSR count). The van der Waals surface area contributed by atoms with Crippen molar-refractivity contribution in [2.45, 2.75) is 49.9 Å². The van der Waals surface area contributed by atoms with Crippen LogP contribution < -0.4 is 9.47 Å². The lowest BCUT2D eigenvalue weighted by Gasteiger charge is -2.23. The van der Waals surface area contributed by atoms with E-state index in [9.17, 15) is 5.11 Å². The summed E-state index contributed by atoms with van der Waals surface area (Å²) in [7, 11) is 1.63. The van der Waals surface area contributed by atoms with Crippen molar-refractivity contribution in [1.29, 1.82) is 0 Å². The molecule has 130 valence electrons. The van der Waals surface area contributed by atoms with E-state index in [1.807, 2.05) is 18.2 Å². The van der Waals surface area contributed by atoms with Crippen molar-refractivity contribution in [2.75, 3.05) is 20.3 Å². The predicted molar refractivity (Wildman–Crippen MR) is 87.7 cm³/mol. The van der Waals surface area contributed by atoms with Crippen LogP contribution in [0.5, 0.6) is 11.5 Å². The second-order valence-corrected chi connectivity index (χ2v) is 6.73. The SMILES string of the molecule is COc1ccc(C2=NOC3(CCOC3)C2O)cc1OC1CCCC1. The van der Waals surface area contributed by atoms with Crippen LogP contribution >= 0.6 is 0 Å². The Hall–Kier alpha value is -1.79. The third-order valence-corrected chi connectivity index (χ3v) is 5.15. The fraction of sp³-hybridized carbons (Fsp3) is 0.611. The molecule has 6 nitrogen and oxygen atoms in total. The lowest BCUT2D eigenvalue weighted by molar-refractivity contribution is -0.0765. The molecule has 1 saturated carbocycles. The summed E-state index contributed by atoms with van der Waals surface area (Å²) in [6, 6.07) is 5.61. The third-order valence-electron chi connectivity index (χ3n) is 5.15. The van der Waals surface area contributed by atoms with Crippen LogP contribution in [0.4, 0.5) is 0 Å². The number of benzene rings is 1. The summed E-state index contributed by atoms with van der Waals surface area (Å²) >= 11 is 0. The smallest absolute Gasteiger partial charge is 0.194 e. The predicted octanol–water partition coefficient (Wildman–Crippen LogP) is 2.27. The van der Waals surface area contributed by atoms with Gasteiger partial charge in [0.15, 0.2) is 17.1 Å². The number of nitrogens with zero attached hydrogens (tertiary/aromatic N) is 1. The normalized spacial score (nSPS) is 29.8. The van der Waals surface area contributed by atoms with Gasteiger partial charge in [0.1, 0.15) is 11.8 Å². The Morgan fingerprint density at radius 3 is 2.79 bits per heavy atom. The molecular weight excluding hydrogens is 310 g/mol. The molecule has 1 aliphatic carbocycles. The van der Waals surface area contributed by atoms with E-state index >= 15 is 0 Å². The number of hydrogen-bond donors (Lipinski definition) is 1. The zero-order chi connectivity index (χ0) is 16.6. The molecule has 2 unspecified atom stereocenters. The van der Waals surface area contributed by atoms with E-state index in [0.717, 1.165) is 18.4 Å². The Morgan fingerprint density at radius 1 is 1.25 bits per heavy atom. The minimum Gasteiger partial charge on any atom is -0.493 e. The summed E-state index contributed by atoms with van der Waals surface area (Å²) in [4.78, 5) is 5.55. The number of aliphatic hydroxyl groups is 1. The van der Waals surface area contributed by atoms with E-state index in [1.54, 1.807) is 7.11 Å². The van der Waals surface area contributed by atoms with E-state index in [-0.39, 0.29) is 6.10 Å². The van der Waals surface area contributed by atoms with Gasteiger partial charge < -0.3 is 24.2 Å². The lowest BCUT2D eigenvalue weighted by atomic mass is 9.90. The lowest BCUT2D eigenvalue weighted by Crippen LogP contribution is -2.44. The molecule has 2 fully saturated rings. The summed E-state index contributed by atoms with van der Waals surface area (Å²) < 4.78 is 16.9. The number of ether oxygens (including phenoxy) is 3. The van der Waals surface area contributed by atoms with Crippen LogP contribution in [-0.4, -0.2) is 49.0 Å². The van der Waals surface area contributed by atoms with Crippen LogP contribution in [0.1, 0.15) is 37.7 Å². The Balaban J connectivity index is 1.59. The van der Waals surface area contributed by atoms with Crippen molar-refractivity contribution in [1.82, 2.24) is 0 Å². The fourth-order valence-corrected chi connectivity index (χ4v) is 3.66. The van der Waals surface area contributed by atoms with Gasteiger partial charge >= 0.3 is 0 Å². The van der Waals surface area contributed by atoms with Gasteiger partial charge in [0.05, 0.1) is 26.4 Å². The molecule has 1 aromatic carbocycles. The molecule has 2 atom stereocenters. The van der Waals surface area contributed by atoms with Crippen LogP contribution in [0.25, 0.3) is 0 Å². The molecular formula is C18H23NO5. The summed E-state index contributed by atoms with van der Waals surface area (Å²) in [6.45, 7) is 0.946. The van der Waals surface area contributed by atoms with Crippen molar-refractivity contribution in [3.63, 3.8) is 0 Å². The van der Waals surface area contributed by atoms with Crippen LogP contribution in [0, 0.1) is 0 Å². The first-order valence-corrected chi connectivity index (χ1v) is 8.59. The quantitative estimate of drug-likeness (QED) is 0.915. The fourth-order valence-electron chi connectivity index (χ4n) is 3.66. The number of rotatable bonds is 4. The summed E-state index contributed by atoms with van der Waals surface area (Å²) in [5.41, 5.74) is 0.585. The van der Waals surface area contributed by atoms with Gasteiger partial charge in [-0.05, 0) is 43.9 Å². The highest BCUT2D eigenvalue weighted by Crippen LogP contribution is 2.37. The van der Waals surface area contributed by atoms with Gasteiger partial charge in [0, 0.05) is 12.0 Å². The van der Waals surface area contributed by atoms with Crippen LogP contribution in [0.2, 0.25) is 0 Å². The van der Waals surface area contributed by atoms with E-state index in [1.165, 1.54) is 12.8 Å². The summed E-state index contributed by atoms with van der Waals surface area (Å²) in [5.74, 6) is 1.39. The molecule has 0 amide bonds. The van der Waals surface area contributed by atoms with E-state index in [0.29, 0.717) is 36.8 Å². The minimum atomic E-state index is -0.798. The average molecular weight is 333 g/mol. The molecule has 6 heteroatoms. The van der Waals surface area contributed by atoms with Gasteiger partial charge in [0.25, 0.3) is 0 Å². The average Bonchev–Trinajstić information content (AvgIpc) is 3.33. The molecule has 1 spiro atoms. The van der Waals surface area contributed by atoms with Crippen molar-refractivity contribution in [3.8, 4) is 11.5 Å². The maximum Gasteiger partial charge on any atom is 0.194 e. The first-order chi connectivity index (χ1) is 11.7. The van der Waals surface area contributed by atoms with Crippen molar-refractivity contribution >= 4 is 5.71 Å². The molecule has 1 saturated heterocycles. The third kappa shape index (κ3) is 2.63. The van der Waals surface area contributed by atoms with Crippen LogP contribution in [0.3, 0.4) is 0 Å². The zero-order valence-electron chi connectivity index (χ0n) is 13.9. The molecule has 2 aliphatic heterocycles. The number of methoxy groups -OCH3 is 1. The number of oxime groups is 1. The standard InChI is InChI=1S/C18H23NO5/c1-21-14-7-6-12(10-15(14)23-13-4-2-3-5-13)16-17(20)18(24-19-16)8-9-22-11-18/h6-7,10,13,17,20H,2-5,8-9,11H2,1H3. The summed E-state index contributed by atoms with van der Waals surface area (Å²) in [6.07, 6.45) is 4.62. The molecule has 1 N–H and O–H groups in total. The van der Waals surface area contributed by atoms with Gasteiger partial charge in [-0.25, -0.2) is 0 Å². The Bertz CT molecular complexity index is 632. The Kier molecular flexibility index (Phi) is 4.10. The molecule has 0 aromatic heterocycles. The Morgan fingerprint density at radius 2 is 2.08 bits per heavy atom. The van der Waals surface area contributed by atoms with Gasteiger partial charge in [-0.3, -0.25) is 0 Å². The molecule has 0 radical (unpaired) electrons. The molecule has 0 bridgehead atoms. The maximum absolute atomic E-state index is 10.7. The maximum atomic E-state index is 10.7. The largest absolute Gasteiger partial charge is 0.493 e. The zero-order valence-corrected chi connectivity index (χ0v) is 13.9. The van der Waals surface area contributed by atoms with Crippen molar-refractivity contribution < 1.29 is 24.2 Å². The van der Waals surface area contributed by atoms with Crippen molar-refractivity contribution in [3.05, 3.63) is 23.8 Å². The highest BCUT2D eigenvalue weighted by atomic mass is 16.7. The number of aliphatic hydroxyl groups excluding tert-OH is 1. The second-order valence-electron chi connectivity index (χ2n) is 6.73. The van der Waals surface area contributed by atoms with E-state index in [4.69, 9.17) is 19.0 Å². The highest BCUT2D eigenvalue weighted by molar-refractivity contribution is 6.05. The second kappa shape index (κ2) is 6.26. The van der Waals surface area contributed by atoms with Gasteiger partial charge in [-0.2, -0.15) is 0 Å². The van der Waals surface area contributed by atoms with Crippen LogP contribution in [0.15, 0.2) is 23.4 Å². The van der Waals surface area contributed by atoms with E-state index in [2.05, 4.69) is 5.16 Å². The van der Waals surface area contributed by atoms with Gasteiger partial charge in [-0.15, -0.1) is 0 Å². The van der Waals surface area contributed by atoms with E-state index < -0.39 is 11.7 Å². The van der Waals surface area contributed by atoms with Gasteiger partial charge in [0.2, 0.25) is 0 Å². The topological polar surface area (TPSA) is 69.5 Å². The van der Waals surface area contributed by atoms with Crippen LogP contribution in [-0.2, 0) is 9.57 Å². The van der Waals surface area contributed by atoms with Crippen molar-refractivity contribution in [2.24, 2.45) is 5.16 Å².